The molecule has 0 aliphatic carbocycles. The van der Waals surface area contributed by atoms with Crippen LogP contribution in [0.4, 0.5) is 0 Å². The average molecular weight is 273 g/mol. The Balaban J connectivity index is 2.65. The largest absolute Gasteiger partial charge is 0.380 e. The lowest BCUT2D eigenvalue weighted by molar-refractivity contribution is 0.122. The molecule has 0 saturated heterocycles. The molecule has 1 unspecified atom stereocenters. The molecule has 1 aromatic rings. The molecule has 1 rings (SSSR count). The number of aromatic nitrogens is 1. The van der Waals surface area contributed by atoms with Gasteiger partial charge in [0.1, 0.15) is 0 Å². The molecule has 1 aromatic heterocycles. The summed E-state index contributed by atoms with van der Waals surface area (Å²) in [5, 5.41) is 3.35. The van der Waals surface area contributed by atoms with E-state index in [-0.39, 0.29) is 6.04 Å². The van der Waals surface area contributed by atoms with Crippen LogP contribution in [0.5, 0.6) is 0 Å². The molecule has 4 heteroatoms. The van der Waals surface area contributed by atoms with Crippen molar-refractivity contribution in [1.82, 2.24) is 10.3 Å². The number of nitrogens with one attached hydrogen (secondary N) is 1. The van der Waals surface area contributed by atoms with Gasteiger partial charge in [-0.05, 0) is 41.5 Å². The standard InChI is InChI=1S/C11H17BrN2O/c1-3-13-11(8-15-4-2)10-6-5-9(12)7-14-10/h5-7,11,13H,3-4,8H2,1-2H3. The fraction of sp³-hybridized carbons (Fsp3) is 0.545. The Morgan fingerprint density at radius 3 is 2.80 bits per heavy atom. The number of hydrogen-bond donors (Lipinski definition) is 1. The third-order valence-corrected chi connectivity index (χ3v) is 2.52. The molecule has 15 heavy (non-hydrogen) atoms. The van der Waals surface area contributed by atoms with Crippen molar-refractivity contribution >= 4 is 15.9 Å². The van der Waals surface area contributed by atoms with Gasteiger partial charge in [0.05, 0.1) is 18.3 Å². The molecular weight excluding hydrogens is 256 g/mol. The van der Waals surface area contributed by atoms with Crippen LogP contribution >= 0.6 is 15.9 Å². The summed E-state index contributed by atoms with van der Waals surface area (Å²) in [4.78, 5) is 4.36. The van der Waals surface area contributed by atoms with Crippen LogP contribution in [0, 0.1) is 0 Å². The summed E-state index contributed by atoms with van der Waals surface area (Å²) in [6.45, 7) is 6.39. The summed E-state index contributed by atoms with van der Waals surface area (Å²) in [7, 11) is 0. The number of halogens is 1. The lowest BCUT2D eigenvalue weighted by Gasteiger charge is -2.16. The van der Waals surface area contributed by atoms with Gasteiger partial charge in [0.15, 0.2) is 0 Å². The fourth-order valence-corrected chi connectivity index (χ4v) is 1.56. The van der Waals surface area contributed by atoms with Gasteiger partial charge < -0.3 is 10.1 Å². The molecule has 1 heterocycles. The van der Waals surface area contributed by atoms with Gasteiger partial charge in [-0.1, -0.05) is 6.92 Å². The van der Waals surface area contributed by atoms with Gasteiger partial charge in [0.25, 0.3) is 0 Å². The predicted molar refractivity (Wildman–Crippen MR) is 64.8 cm³/mol. The smallest absolute Gasteiger partial charge is 0.0732 e. The Bertz CT molecular complexity index is 276. The first-order valence-corrected chi connectivity index (χ1v) is 5.99. The van der Waals surface area contributed by atoms with Gasteiger partial charge >= 0.3 is 0 Å². The van der Waals surface area contributed by atoms with Crippen LogP contribution in [-0.2, 0) is 4.74 Å². The Morgan fingerprint density at radius 1 is 1.47 bits per heavy atom. The van der Waals surface area contributed by atoms with Crippen molar-refractivity contribution < 1.29 is 4.74 Å². The molecule has 0 radical (unpaired) electrons. The summed E-state index contributed by atoms with van der Waals surface area (Å²) >= 11 is 3.37. The zero-order chi connectivity index (χ0) is 11.1. The third-order valence-electron chi connectivity index (χ3n) is 2.05. The first-order valence-electron chi connectivity index (χ1n) is 5.20. The molecule has 0 aliphatic rings. The normalized spacial score (nSPS) is 12.7. The first-order chi connectivity index (χ1) is 7.27. The van der Waals surface area contributed by atoms with Crippen LogP contribution in [0.2, 0.25) is 0 Å². The molecule has 0 aromatic carbocycles. The monoisotopic (exact) mass is 272 g/mol. The van der Waals surface area contributed by atoms with Crippen LogP contribution in [0.1, 0.15) is 25.6 Å². The van der Waals surface area contributed by atoms with Crippen molar-refractivity contribution in [2.24, 2.45) is 0 Å². The summed E-state index contributed by atoms with van der Waals surface area (Å²) in [6, 6.07) is 4.19. The molecular formula is C11H17BrN2O. The van der Waals surface area contributed by atoms with E-state index in [9.17, 15) is 0 Å². The van der Waals surface area contributed by atoms with Gasteiger partial charge in [-0.2, -0.15) is 0 Å². The minimum atomic E-state index is 0.183. The minimum Gasteiger partial charge on any atom is -0.380 e. The molecule has 0 bridgehead atoms. The Kier molecular flexibility index (Phi) is 5.83. The Hall–Kier alpha value is -0.450. The van der Waals surface area contributed by atoms with Crippen LogP contribution < -0.4 is 5.32 Å². The quantitative estimate of drug-likeness (QED) is 0.864. The molecule has 1 atom stereocenters. The Morgan fingerprint density at radius 2 is 2.27 bits per heavy atom. The maximum atomic E-state index is 5.42. The summed E-state index contributed by atoms with van der Waals surface area (Å²) in [6.07, 6.45) is 1.81. The third kappa shape index (κ3) is 4.28. The number of likely N-dealkylation sites (N-methyl/N-ethyl adjacent to an activating group) is 1. The van der Waals surface area contributed by atoms with Crippen molar-refractivity contribution in [1.29, 1.82) is 0 Å². The topological polar surface area (TPSA) is 34.1 Å². The van der Waals surface area contributed by atoms with Crippen LogP contribution in [0.3, 0.4) is 0 Å². The second kappa shape index (κ2) is 6.93. The van der Waals surface area contributed by atoms with Crippen molar-refractivity contribution in [2.75, 3.05) is 19.8 Å². The van der Waals surface area contributed by atoms with E-state index in [2.05, 4.69) is 33.2 Å². The highest BCUT2D eigenvalue weighted by atomic mass is 79.9. The maximum Gasteiger partial charge on any atom is 0.0732 e. The molecule has 0 aliphatic heterocycles. The van der Waals surface area contributed by atoms with E-state index < -0.39 is 0 Å². The molecule has 0 saturated carbocycles. The molecule has 0 fully saturated rings. The first kappa shape index (κ1) is 12.6. The Labute approximate surface area is 99.4 Å². The van der Waals surface area contributed by atoms with E-state index in [1.165, 1.54) is 0 Å². The number of pyridine rings is 1. The van der Waals surface area contributed by atoms with Crippen molar-refractivity contribution in [2.45, 2.75) is 19.9 Å². The number of ether oxygens (including phenoxy) is 1. The highest BCUT2D eigenvalue weighted by Crippen LogP contribution is 2.14. The lowest BCUT2D eigenvalue weighted by atomic mass is 10.2. The van der Waals surface area contributed by atoms with E-state index in [0.717, 1.165) is 23.3 Å². The van der Waals surface area contributed by atoms with Crippen molar-refractivity contribution in [3.63, 3.8) is 0 Å². The van der Waals surface area contributed by atoms with Gasteiger partial charge in [-0.3, -0.25) is 4.98 Å². The number of rotatable bonds is 6. The highest BCUT2D eigenvalue weighted by Gasteiger charge is 2.10. The highest BCUT2D eigenvalue weighted by molar-refractivity contribution is 9.10. The van der Waals surface area contributed by atoms with Gasteiger partial charge in [0.2, 0.25) is 0 Å². The minimum absolute atomic E-state index is 0.183. The summed E-state index contributed by atoms with van der Waals surface area (Å²) in [5.41, 5.74) is 1.02. The molecule has 1 N–H and O–H groups in total. The van der Waals surface area contributed by atoms with Crippen molar-refractivity contribution in [3.8, 4) is 0 Å². The van der Waals surface area contributed by atoms with E-state index >= 15 is 0 Å². The summed E-state index contributed by atoms with van der Waals surface area (Å²) in [5.74, 6) is 0. The van der Waals surface area contributed by atoms with E-state index in [0.29, 0.717) is 6.61 Å². The second-order valence-electron chi connectivity index (χ2n) is 3.17. The van der Waals surface area contributed by atoms with E-state index in [4.69, 9.17) is 4.74 Å². The zero-order valence-corrected chi connectivity index (χ0v) is 10.8. The van der Waals surface area contributed by atoms with Crippen LogP contribution in [0.15, 0.2) is 22.8 Å². The van der Waals surface area contributed by atoms with Gasteiger partial charge in [-0.25, -0.2) is 0 Å². The maximum absolute atomic E-state index is 5.42. The van der Waals surface area contributed by atoms with E-state index in [1.54, 1.807) is 0 Å². The fourth-order valence-electron chi connectivity index (χ4n) is 1.32. The molecule has 3 nitrogen and oxygen atoms in total. The van der Waals surface area contributed by atoms with Gasteiger partial charge in [0, 0.05) is 17.3 Å². The molecule has 0 amide bonds. The summed E-state index contributed by atoms with van der Waals surface area (Å²) < 4.78 is 6.42. The molecule has 84 valence electrons. The van der Waals surface area contributed by atoms with Crippen molar-refractivity contribution in [3.05, 3.63) is 28.5 Å². The van der Waals surface area contributed by atoms with Crippen LogP contribution in [-0.4, -0.2) is 24.7 Å². The lowest BCUT2D eigenvalue weighted by Crippen LogP contribution is -2.26. The number of hydrogen-bond acceptors (Lipinski definition) is 3. The predicted octanol–water partition coefficient (Wildman–Crippen LogP) is 2.53. The molecule has 0 spiro atoms. The zero-order valence-electron chi connectivity index (χ0n) is 9.16. The average Bonchev–Trinajstić information content (AvgIpc) is 2.25. The van der Waals surface area contributed by atoms with Crippen LogP contribution in [0.25, 0.3) is 0 Å². The van der Waals surface area contributed by atoms with Gasteiger partial charge in [-0.15, -0.1) is 0 Å². The number of nitrogens with zero attached hydrogens (tertiary/aromatic N) is 1. The second-order valence-corrected chi connectivity index (χ2v) is 4.09. The SMILES string of the molecule is CCNC(COCC)c1ccc(Br)cn1. The van der Waals surface area contributed by atoms with E-state index in [1.807, 2.05) is 25.3 Å².